The Morgan fingerprint density at radius 3 is 1.89 bits per heavy atom. The molecule has 1 saturated heterocycles. The molecule has 88 valence electrons. The molecule has 18 heavy (non-hydrogen) atoms. The van der Waals surface area contributed by atoms with Crippen LogP contribution in [0.15, 0.2) is 30.3 Å². The molecule has 3 atom stereocenters. The van der Waals surface area contributed by atoms with E-state index in [0.29, 0.717) is 5.56 Å². The molecule has 1 N–H and O–H groups in total. The van der Waals surface area contributed by atoms with Crippen LogP contribution < -0.4 is 5.32 Å². The fourth-order valence-electron chi connectivity index (χ4n) is 2.13. The Morgan fingerprint density at radius 1 is 0.944 bits per heavy atom. The van der Waals surface area contributed by atoms with Crippen molar-refractivity contribution in [2.75, 3.05) is 0 Å². The fraction of sp³-hybridized carbons (Fsp3) is 0.231. The lowest BCUT2D eigenvalue weighted by atomic mass is 9.74. The summed E-state index contributed by atoms with van der Waals surface area (Å²) in [5.74, 6) is -4.02. The van der Waals surface area contributed by atoms with Gasteiger partial charge in [0.25, 0.3) is 0 Å². The second kappa shape index (κ2) is 4.68. The maximum atomic E-state index is 11.6. The van der Waals surface area contributed by atoms with Crippen LogP contribution in [-0.2, 0) is 9.59 Å². The zero-order valence-electron chi connectivity index (χ0n) is 9.33. The number of imide groups is 1. The number of nitriles is 2. The maximum Gasteiger partial charge on any atom is 0.244 e. The van der Waals surface area contributed by atoms with Gasteiger partial charge in [-0.3, -0.25) is 14.9 Å². The number of carbonyl (C=O) groups is 2. The van der Waals surface area contributed by atoms with Gasteiger partial charge in [-0.1, -0.05) is 30.3 Å². The van der Waals surface area contributed by atoms with Crippen LogP contribution in [0.1, 0.15) is 11.5 Å². The molecule has 1 fully saturated rings. The summed E-state index contributed by atoms with van der Waals surface area (Å²) in [7, 11) is 0. The van der Waals surface area contributed by atoms with Crippen molar-refractivity contribution in [2.24, 2.45) is 11.8 Å². The predicted octanol–water partition coefficient (Wildman–Crippen LogP) is 0.706. The quantitative estimate of drug-likeness (QED) is 0.730. The molecule has 0 aliphatic carbocycles. The van der Waals surface area contributed by atoms with Gasteiger partial charge in [0.15, 0.2) is 0 Å². The van der Waals surface area contributed by atoms with Gasteiger partial charge in [0.1, 0.15) is 11.8 Å². The number of nitrogens with one attached hydrogen (secondary N) is 1. The highest BCUT2D eigenvalue weighted by Gasteiger charge is 2.44. The molecule has 1 unspecified atom stereocenters. The molecule has 0 saturated carbocycles. The average Bonchev–Trinajstić information content (AvgIpc) is 2.39. The highest BCUT2D eigenvalue weighted by atomic mass is 16.2. The van der Waals surface area contributed by atoms with E-state index in [1.807, 2.05) is 12.1 Å². The van der Waals surface area contributed by atoms with Crippen LogP contribution in [0.3, 0.4) is 0 Å². The van der Waals surface area contributed by atoms with Gasteiger partial charge in [0, 0.05) is 5.92 Å². The normalized spacial score (nSPS) is 26.9. The van der Waals surface area contributed by atoms with Crippen molar-refractivity contribution < 1.29 is 9.59 Å². The summed E-state index contributed by atoms with van der Waals surface area (Å²) >= 11 is 0. The van der Waals surface area contributed by atoms with Gasteiger partial charge in [-0.15, -0.1) is 0 Å². The number of carbonyl (C=O) groups excluding carboxylic acids is 2. The zero-order chi connectivity index (χ0) is 13.1. The summed E-state index contributed by atoms with van der Waals surface area (Å²) in [6.45, 7) is 0. The number of hydrogen-bond acceptors (Lipinski definition) is 4. The van der Waals surface area contributed by atoms with E-state index >= 15 is 0 Å². The first kappa shape index (κ1) is 11.8. The van der Waals surface area contributed by atoms with Gasteiger partial charge in [-0.05, 0) is 5.56 Å². The smallest absolute Gasteiger partial charge is 0.244 e. The summed E-state index contributed by atoms with van der Waals surface area (Å²) in [5, 5.41) is 20.2. The van der Waals surface area contributed by atoms with Crippen LogP contribution in [-0.4, -0.2) is 11.8 Å². The average molecular weight is 239 g/mol. The van der Waals surface area contributed by atoms with Gasteiger partial charge in [0.2, 0.25) is 11.8 Å². The topological polar surface area (TPSA) is 93.8 Å². The third-order valence-corrected chi connectivity index (χ3v) is 2.99. The molecule has 0 aromatic heterocycles. The van der Waals surface area contributed by atoms with E-state index < -0.39 is 29.6 Å². The molecule has 2 amide bonds. The molecule has 1 aliphatic rings. The van der Waals surface area contributed by atoms with Crippen LogP contribution in [0.25, 0.3) is 0 Å². The van der Waals surface area contributed by atoms with Crippen molar-refractivity contribution in [3.8, 4) is 12.1 Å². The summed E-state index contributed by atoms with van der Waals surface area (Å²) in [5.41, 5.74) is 0.652. The molecular weight excluding hydrogens is 230 g/mol. The largest absolute Gasteiger partial charge is 0.294 e. The SMILES string of the molecule is N#C[C@@H]1C(=O)NC(=O)[C@H](C#N)C1c1ccccc1. The number of piperidine rings is 1. The molecule has 2 rings (SSSR count). The molecule has 0 bridgehead atoms. The maximum absolute atomic E-state index is 11.6. The Balaban J connectivity index is 2.50. The van der Waals surface area contributed by atoms with E-state index in [1.54, 1.807) is 30.3 Å². The Bertz CT molecular complexity index is 536. The summed E-state index contributed by atoms with van der Waals surface area (Å²) in [6, 6.07) is 12.4. The third kappa shape index (κ3) is 1.83. The van der Waals surface area contributed by atoms with E-state index in [1.165, 1.54) is 0 Å². The van der Waals surface area contributed by atoms with E-state index in [2.05, 4.69) is 5.32 Å². The van der Waals surface area contributed by atoms with Gasteiger partial charge in [-0.2, -0.15) is 10.5 Å². The molecule has 1 aliphatic heterocycles. The lowest BCUT2D eigenvalue weighted by Gasteiger charge is -2.29. The van der Waals surface area contributed by atoms with Gasteiger partial charge in [-0.25, -0.2) is 0 Å². The van der Waals surface area contributed by atoms with Gasteiger partial charge < -0.3 is 0 Å². The molecular formula is C13H9N3O2. The first-order valence-electron chi connectivity index (χ1n) is 5.38. The number of amides is 2. The van der Waals surface area contributed by atoms with E-state index in [4.69, 9.17) is 10.5 Å². The Hall–Kier alpha value is -2.66. The van der Waals surface area contributed by atoms with Crippen LogP contribution >= 0.6 is 0 Å². The number of hydrogen-bond donors (Lipinski definition) is 1. The number of benzene rings is 1. The highest BCUT2D eigenvalue weighted by Crippen LogP contribution is 2.35. The van der Waals surface area contributed by atoms with Crippen molar-refractivity contribution in [3.63, 3.8) is 0 Å². The minimum absolute atomic E-state index is 0.636. The van der Waals surface area contributed by atoms with Crippen LogP contribution in [0, 0.1) is 34.5 Å². The summed E-state index contributed by atoms with van der Waals surface area (Å²) < 4.78 is 0. The first-order chi connectivity index (χ1) is 8.69. The monoisotopic (exact) mass is 239 g/mol. The van der Waals surface area contributed by atoms with E-state index in [9.17, 15) is 9.59 Å². The summed E-state index contributed by atoms with van der Waals surface area (Å²) in [6.07, 6.45) is 0. The number of nitrogens with zero attached hydrogens (tertiary/aromatic N) is 2. The molecule has 1 aromatic carbocycles. The highest BCUT2D eigenvalue weighted by molar-refractivity contribution is 6.03. The zero-order valence-corrected chi connectivity index (χ0v) is 9.33. The standard InChI is InChI=1S/C13H9N3O2/c14-6-9-11(8-4-2-1-3-5-8)10(7-15)13(18)16-12(9)17/h1-5,9-11H,(H,16,17,18)/t9-,10+,11?. The molecule has 0 radical (unpaired) electrons. The Kier molecular flexibility index (Phi) is 3.07. The lowest BCUT2D eigenvalue weighted by molar-refractivity contribution is -0.137. The minimum Gasteiger partial charge on any atom is -0.294 e. The molecule has 5 heteroatoms. The lowest BCUT2D eigenvalue weighted by Crippen LogP contribution is -2.49. The second-order valence-corrected chi connectivity index (χ2v) is 4.00. The molecule has 0 spiro atoms. The van der Waals surface area contributed by atoms with Crippen molar-refractivity contribution in [1.29, 1.82) is 10.5 Å². The second-order valence-electron chi connectivity index (χ2n) is 4.00. The molecule has 1 heterocycles. The van der Waals surface area contributed by atoms with Crippen LogP contribution in [0.2, 0.25) is 0 Å². The summed E-state index contributed by atoms with van der Waals surface area (Å²) in [4.78, 5) is 23.2. The number of rotatable bonds is 1. The molecule has 5 nitrogen and oxygen atoms in total. The third-order valence-electron chi connectivity index (χ3n) is 2.99. The predicted molar refractivity (Wildman–Crippen MR) is 60.5 cm³/mol. The van der Waals surface area contributed by atoms with Crippen LogP contribution in [0.4, 0.5) is 0 Å². The van der Waals surface area contributed by atoms with E-state index in [-0.39, 0.29) is 0 Å². The van der Waals surface area contributed by atoms with Crippen molar-refractivity contribution in [2.45, 2.75) is 5.92 Å². The fourth-order valence-corrected chi connectivity index (χ4v) is 2.13. The van der Waals surface area contributed by atoms with Crippen molar-refractivity contribution in [1.82, 2.24) is 5.32 Å². The van der Waals surface area contributed by atoms with E-state index in [0.717, 1.165) is 0 Å². The van der Waals surface area contributed by atoms with Gasteiger partial charge >= 0.3 is 0 Å². The minimum atomic E-state index is -1.02. The van der Waals surface area contributed by atoms with Gasteiger partial charge in [0.05, 0.1) is 12.1 Å². The Labute approximate surface area is 104 Å². The van der Waals surface area contributed by atoms with Crippen molar-refractivity contribution >= 4 is 11.8 Å². The van der Waals surface area contributed by atoms with Crippen molar-refractivity contribution in [3.05, 3.63) is 35.9 Å². The van der Waals surface area contributed by atoms with Crippen LogP contribution in [0.5, 0.6) is 0 Å². The first-order valence-corrected chi connectivity index (χ1v) is 5.38. The Morgan fingerprint density at radius 2 is 1.44 bits per heavy atom. The molecule has 1 aromatic rings.